The molecule has 0 radical (unpaired) electrons. The van der Waals surface area contributed by atoms with Gasteiger partial charge in [0.25, 0.3) is 0 Å². The molecular formula is C12H16ClNO2S. The lowest BCUT2D eigenvalue weighted by Gasteiger charge is -2.18. The van der Waals surface area contributed by atoms with Crippen molar-refractivity contribution in [1.82, 2.24) is 0 Å². The molecule has 3 nitrogen and oxygen atoms in total. The van der Waals surface area contributed by atoms with E-state index in [0.29, 0.717) is 11.4 Å². The molecule has 2 unspecified atom stereocenters. The SMILES string of the molecule is Cc1ccc(C(N)C2CCS(=O)(=O)C2)cc1Cl. The van der Waals surface area contributed by atoms with Gasteiger partial charge < -0.3 is 5.73 Å². The summed E-state index contributed by atoms with van der Waals surface area (Å²) in [4.78, 5) is 0. The van der Waals surface area contributed by atoms with Gasteiger partial charge in [-0.1, -0.05) is 23.7 Å². The number of benzene rings is 1. The van der Waals surface area contributed by atoms with Gasteiger partial charge in [-0.05, 0) is 36.5 Å². The normalized spacial score (nSPS) is 24.8. The Hall–Kier alpha value is -0.580. The first-order valence-electron chi connectivity index (χ1n) is 5.61. The van der Waals surface area contributed by atoms with Crippen LogP contribution in [0.25, 0.3) is 0 Å². The predicted molar refractivity (Wildman–Crippen MR) is 69.9 cm³/mol. The van der Waals surface area contributed by atoms with Crippen LogP contribution in [0.1, 0.15) is 23.6 Å². The summed E-state index contributed by atoms with van der Waals surface area (Å²) in [6.07, 6.45) is 0.648. The van der Waals surface area contributed by atoms with E-state index in [9.17, 15) is 8.42 Å². The summed E-state index contributed by atoms with van der Waals surface area (Å²) < 4.78 is 22.8. The number of halogens is 1. The lowest BCUT2D eigenvalue weighted by molar-refractivity contribution is 0.480. The van der Waals surface area contributed by atoms with Crippen LogP contribution in [0.3, 0.4) is 0 Å². The summed E-state index contributed by atoms with van der Waals surface area (Å²) in [5.74, 6) is 0.462. The van der Waals surface area contributed by atoms with E-state index in [1.54, 1.807) is 0 Å². The standard InChI is InChI=1S/C12H16ClNO2S/c1-8-2-3-9(6-11(8)13)12(14)10-4-5-17(15,16)7-10/h2-3,6,10,12H,4-5,7,14H2,1H3. The highest BCUT2D eigenvalue weighted by Crippen LogP contribution is 2.31. The summed E-state index contributed by atoms with van der Waals surface area (Å²) in [6, 6.07) is 5.44. The summed E-state index contributed by atoms with van der Waals surface area (Å²) >= 11 is 6.05. The monoisotopic (exact) mass is 273 g/mol. The van der Waals surface area contributed by atoms with Crippen molar-refractivity contribution in [3.63, 3.8) is 0 Å². The third-order valence-electron chi connectivity index (χ3n) is 3.36. The molecule has 1 aliphatic heterocycles. The van der Waals surface area contributed by atoms with Gasteiger partial charge in [0.15, 0.2) is 9.84 Å². The van der Waals surface area contributed by atoms with Crippen LogP contribution in [0.5, 0.6) is 0 Å². The Kier molecular flexibility index (Phi) is 3.48. The van der Waals surface area contributed by atoms with Crippen LogP contribution >= 0.6 is 11.6 Å². The minimum Gasteiger partial charge on any atom is -0.324 e. The molecule has 1 aliphatic rings. The molecule has 0 aromatic heterocycles. The first kappa shape index (κ1) is 12.9. The maximum atomic E-state index is 11.4. The smallest absolute Gasteiger partial charge is 0.150 e. The minimum atomic E-state index is -2.88. The number of nitrogens with two attached hydrogens (primary N) is 1. The van der Waals surface area contributed by atoms with E-state index in [1.807, 2.05) is 25.1 Å². The van der Waals surface area contributed by atoms with Gasteiger partial charge in [0.2, 0.25) is 0 Å². The molecule has 0 spiro atoms. The molecule has 1 aromatic carbocycles. The van der Waals surface area contributed by atoms with Crippen LogP contribution in [0.4, 0.5) is 0 Å². The Morgan fingerprint density at radius 3 is 2.71 bits per heavy atom. The summed E-state index contributed by atoms with van der Waals surface area (Å²) in [7, 11) is -2.88. The Labute approximate surface area is 107 Å². The zero-order valence-corrected chi connectivity index (χ0v) is 11.3. The van der Waals surface area contributed by atoms with E-state index in [-0.39, 0.29) is 23.5 Å². The van der Waals surface area contributed by atoms with Gasteiger partial charge in [-0.25, -0.2) is 8.42 Å². The molecule has 0 saturated carbocycles. The fraction of sp³-hybridized carbons (Fsp3) is 0.500. The number of sulfone groups is 1. The lowest BCUT2D eigenvalue weighted by atomic mass is 9.93. The van der Waals surface area contributed by atoms with E-state index >= 15 is 0 Å². The zero-order chi connectivity index (χ0) is 12.6. The number of aryl methyl sites for hydroxylation is 1. The van der Waals surface area contributed by atoms with Crippen LogP contribution in [-0.2, 0) is 9.84 Å². The Balaban J connectivity index is 2.20. The third-order valence-corrected chi connectivity index (χ3v) is 5.56. The zero-order valence-electron chi connectivity index (χ0n) is 9.69. The highest BCUT2D eigenvalue weighted by molar-refractivity contribution is 7.91. The van der Waals surface area contributed by atoms with Crippen LogP contribution in [0, 0.1) is 12.8 Å². The maximum absolute atomic E-state index is 11.4. The van der Waals surface area contributed by atoms with Crippen molar-refractivity contribution in [2.75, 3.05) is 11.5 Å². The highest BCUT2D eigenvalue weighted by Gasteiger charge is 2.32. The van der Waals surface area contributed by atoms with Gasteiger partial charge in [-0.15, -0.1) is 0 Å². The molecule has 0 aliphatic carbocycles. The second-order valence-corrected chi connectivity index (χ2v) is 7.33. The Morgan fingerprint density at radius 1 is 1.47 bits per heavy atom. The fourth-order valence-electron chi connectivity index (χ4n) is 2.20. The molecule has 1 saturated heterocycles. The molecule has 1 fully saturated rings. The average molecular weight is 274 g/mol. The molecule has 17 heavy (non-hydrogen) atoms. The molecule has 2 N–H and O–H groups in total. The molecule has 2 atom stereocenters. The summed E-state index contributed by atoms with van der Waals surface area (Å²) in [5.41, 5.74) is 8.04. The van der Waals surface area contributed by atoms with E-state index in [0.717, 1.165) is 11.1 Å². The molecule has 2 rings (SSSR count). The molecule has 94 valence electrons. The van der Waals surface area contributed by atoms with Gasteiger partial charge in [0, 0.05) is 11.1 Å². The minimum absolute atomic E-state index is 0.0128. The first-order chi connectivity index (χ1) is 7.89. The van der Waals surface area contributed by atoms with Crippen molar-refractivity contribution >= 4 is 21.4 Å². The largest absolute Gasteiger partial charge is 0.324 e. The van der Waals surface area contributed by atoms with Crippen LogP contribution < -0.4 is 5.73 Å². The Morgan fingerprint density at radius 2 is 2.18 bits per heavy atom. The molecule has 1 aromatic rings. The van der Waals surface area contributed by atoms with Crippen LogP contribution in [0.2, 0.25) is 5.02 Å². The van der Waals surface area contributed by atoms with Gasteiger partial charge in [-0.2, -0.15) is 0 Å². The van der Waals surface area contributed by atoms with Crippen LogP contribution in [-0.4, -0.2) is 19.9 Å². The molecule has 0 bridgehead atoms. The van der Waals surface area contributed by atoms with Crippen LogP contribution in [0.15, 0.2) is 18.2 Å². The van der Waals surface area contributed by atoms with Crippen molar-refractivity contribution in [1.29, 1.82) is 0 Å². The quantitative estimate of drug-likeness (QED) is 0.897. The van der Waals surface area contributed by atoms with Gasteiger partial charge in [0.05, 0.1) is 11.5 Å². The van der Waals surface area contributed by atoms with Crippen molar-refractivity contribution < 1.29 is 8.42 Å². The molecular weight excluding hydrogens is 258 g/mol. The molecule has 5 heteroatoms. The molecule has 1 heterocycles. The van der Waals surface area contributed by atoms with Crippen molar-refractivity contribution in [2.24, 2.45) is 11.7 Å². The van der Waals surface area contributed by atoms with Gasteiger partial charge in [-0.3, -0.25) is 0 Å². The van der Waals surface area contributed by atoms with Gasteiger partial charge >= 0.3 is 0 Å². The lowest BCUT2D eigenvalue weighted by Crippen LogP contribution is -2.22. The van der Waals surface area contributed by atoms with E-state index in [2.05, 4.69) is 0 Å². The van der Waals surface area contributed by atoms with Gasteiger partial charge in [0.1, 0.15) is 0 Å². The first-order valence-corrected chi connectivity index (χ1v) is 7.81. The number of hydrogen-bond donors (Lipinski definition) is 1. The molecule has 0 amide bonds. The third kappa shape index (κ3) is 2.81. The maximum Gasteiger partial charge on any atom is 0.150 e. The summed E-state index contributed by atoms with van der Waals surface area (Å²) in [5, 5.41) is 0.679. The van der Waals surface area contributed by atoms with Crippen molar-refractivity contribution in [3.8, 4) is 0 Å². The average Bonchev–Trinajstić information content (AvgIpc) is 2.62. The van der Waals surface area contributed by atoms with Crippen molar-refractivity contribution in [2.45, 2.75) is 19.4 Å². The van der Waals surface area contributed by atoms with Crippen molar-refractivity contribution in [3.05, 3.63) is 34.3 Å². The van der Waals surface area contributed by atoms with E-state index in [4.69, 9.17) is 17.3 Å². The number of hydrogen-bond acceptors (Lipinski definition) is 3. The highest BCUT2D eigenvalue weighted by atomic mass is 35.5. The summed E-state index contributed by atoms with van der Waals surface area (Å²) in [6.45, 7) is 1.93. The Bertz CT molecular complexity index is 527. The fourth-order valence-corrected chi connectivity index (χ4v) is 4.24. The second-order valence-electron chi connectivity index (χ2n) is 4.70. The topological polar surface area (TPSA) is 60.2 Å². The predicted octanol–water partition coefficient (Wildman–Crippen LogP) is 2.08. The van der Waals surface area contributed by atoms with E-state index < -0.39 is 9.84 Å². The second kappa shape index (κ2) is 4.59. The van der Waals surface area contributed by atoms with E-state index in [1.165, 1.54) is 0 Å². The number of rotatable bonds is 2.